The van der Waals surface area contributed by atoms with Gasteiger partial charge in [0.1, 0.15) is 5.82 Å². The SMILES string of the molecule is COc1ccc(-c2ncc3ccccn23)cc1F. The lowest BCUT2D eigenvalue weighted by atomic mass is 10.2. The third kappa shape index (κ3) is 1.62. The van der Waals surface area contributed by atoms with E-state index in [2.05, 4.69) is 4.98 Å². The molecule has 0 aliphatic rings. The van der Waals surface area contributed by atoms with Crippen LogP contribution in [0.4, 0.5) is 4.39 Å². The van der Waals surface area contributed by atoms with Gasteiger partial charge in [0.05, 0.1) is 18.8 Å². The van der Waals surface area contributed by atoms with Crippen LogP contribution in [0.1, 0.15) is 0 Å². The van der Waals surface area contributed by atoms with E-state index >= 15 is 0 Å². The molecule has 3 nitrogen and oxygen atoms in total. The second-order valence-electron chi connectivity index (χ2n) is 3.93. The van der Waals surface area contributed by atoms with Gasteiger partial charge < -0.3 is 4.74 Å². The van der Waals surface area contributed by atoms with Gasteiger partial charge in [0.15, 0.2) is 11.6 Å². The van der Waals surface area contributed by atoms with E-state index in [1.807, 2.05) is 28.8 Å². The van der Waals surface area contributed by atoms with Crippen LogP contribution in [0.2, 0.25) is 0 Å². The zero-order chi connectivity index (χ0) is 12.5. The van der Waals surface area contributed by atoms with Gasteiger partial charge in [0.2, 0.25) is 0 Å². The van der Waals surface area contributed by atoms with Gasteiger partial charge in [-0.2, -0.15) is 0 Å². The van der Waals surface area contributed by atoms with Crippen LogP contribution in [0.3, 0.4) is 0 Å². The van der Waals surface area contributed by atoms with E-state index in [-0.39, 0.29) is 11.6 Å². The maximum Gasteiger partial charge on any atom is 0.165 e. The van der Waals surface area contributed by atoms with Crippen LogP contribution in [0.5, 0.6) is 5.75 Å². The smallest absolute Gasteiger partial charge is 0.165 e. The summed E-state index contributed by atoms with van der Waals surface area (Å²) < 4.78 is 20.5. The highest BCUT2D eigenvalue weighted by Gasteiger charge is 2.09. The van der Waals surface area contributed by atoms with E-state index < -0.39 is 0 Å². The van der Waals surface area contributed by atoms with Gasteiger partial charge in [0, 0.05) is 11.8 Å². The highest BCUT2D eigenvalue weighted by atomic mass is 19.1. The fourth-order valence-electron chi connectivity index (χ4n) is 1.96. The molecule has 1 aromatic carbocycles. The normalized spacial score (nSPS) is 10.8. The predicted octanol–water partition coefficient (Wildman–Crippen LogP) is 3.15. The second-order valence-corrected chi connectivity index (χ2v) is 3.93. The van der Waals surface area contributed by atoms with Crippen molar-refractivity contribution in [2.45, 2.75) is 0 Å². The first kappa shape index (κ1) is 10.8. The number of aromatic nitrogens is 2. The summed E-state index contributed by atoms with van der Waals surface area (Å²) in [7, 11) is 1.45. The van der Waals surface area contributed by atoms with E-state index in [0.29, 0.717) is 5.82 Å². The van der Waals surface area contributed by atoms with Crippen molar-refractivity contribution in [2.75, 3.05) is 7.11 Å². The van der Waals surface area contributed by atoms with Crippen LogP contribution in [-0.2, 0) is 0 Å². The summed E-state index contributed by atoms with van der Waals surface area (Å²) >= 11 is 0. The maximum atomic E-state index is 13.7. The number of nitrogens with zero attached hydrogens (tertiary/aromatic N) is 2. The van der Waals surface area contributed by atoms with Crippen LogP contribution in [0.15, 0.2) is 48.8 Å². The van der Waals surface area contributed by atoms with Crippen molar-refractivity contribution in [1.29, 1.82) is 0 Å². The predicted molar refractivity (Wildman–Crippen MR) is 67.1 cm³/mol. The van der Waals surface area contributed by atoms with E-state index in [0.717, 1.165) is 11.1 Å². The van der Waals surface area contributed by atoms with Gasteiger partial charge in [-0.1, -0.05) is 6.07 Å². The zero-order valence-electron chi connectivity index (χ0n) is 9.80. The Hall–Kier alpha value is -2.36. The Bertz CT molecular complexity index is 706. The molecule has 0 unspecified atom stereocenters. The number of halogens is 1. The molecule has 0 radical (unpaired) electrons. The number of fused-ring (bicyclic) bond motifs is 1. The average molecular weight is 242 g/mol. The first-order valence-corrected chi connectivity index (χ1v) is 5.55. The highest BCUT2D eigenvalue weighted by Crippen LogP contribution is 2.25. The van der Waals surface area contributed by atoms with E-state index in [1.165, 1.54) is 13.2 Å². The van der Waals surface area contributed by atoms with Crippen molar-refractivity contribution in [2.24, 2.45) is 0 Å². The van der Waals surface area contributed by atoms with Crippen molar-refractivity contribution in [1.82, 2.24) is 9.38 Å². The first-order chi connectivity index (χ1) is 8.79. The Morgan fingerprint density at radius 3 is 2.89 bits per heavy atom. The molecule has 0 saturated heterocycles. The lowest BCUT2D eigenvalue weighted by molar-refractivity contribution is 0.386. The van der Waals surface area contributed by atoms with Crippen molar-refractivity contribution >= 4 is 5.52 Å². The molecule has 2 aromatic heterocycles. The number of imidazole rings is 1. The standard InChI is InChI=1S/C14H11FN2O/c1-18-13-6-5-10(8-12(13)15)14-16-9-11-4-2-3-7-17(11)14/h2-9H,1H3. The van der Waals surface area contributed by atoms with Crippen LogP contribution in [0.25, 0.3) is 16.9 Å². The van der Waals surface area contributed by atoms with Crippen LogP contribution >= 0.6 is 0 Å². The second kappa shape index (κ2) is 4.14. The van der Waals surface area contributed by atoms with Gasteiger partial charge in [-0.25, -0.2) is 9.37 Å². The number of methoxy groups -OCH3 is 1. The molecule has 0 fully saturated rings. The lowest BCUT2D eigenvalue weighted by Gasteiger charge is -2.04. The molecule has 0 N–H and O–H groups in total. The molecule has 3 aromatic rings. The van der Waals surface area contributed by atoms with Gasteiger partial charge in [-0.15, -0.1) is 0 Å². The molecule has 0 amide bonds. The molecule has 0 aliphatic carbocycles. The average Bonchev–Trinajstić information content (AvgIpc) is 2.82. The summed E-state index contributed by atoms with van der Waals surface area (Å²) in [5, 5.41) is 0. The van der Waals surface area contributed by atoms with Crippen molar-refractivity contribution in [3.05, 3.63) is 54.6 Å². The number of ether oxygens (including phenoxy) is 1. The minimum Gasteiger partial charge on any atom is -0.494 e. The number of hydrogen-bond donors (Lipinski definition) is 0. The molecule has 18 heavy (non-hydrogen) atoms. The van der Waals surface area contributed by atoms with E-state index in [9.17, 15) is 4.39 Å². The van der Waals surface area contributed by atoms with Crippen LogP contribution in [0, 0.1) is 5.82 Å². The quantitative estimate of drug-likeness (QED) is 0.690. The number of rotatable bonds is 2. The third-order valence-corrected chi connectivity index (χ3v) is 2.85. The van der Waals surface area contributed by atoms with E-state index in [1.54, 1.807) is 18.3 Å². The summed E-state index contributed by atoms with van der Waals surface area (Å²) in [6.45, 7) is 0. The Morgan fingerprint density at radius 2 is 2.11 bits per heavy atom. The Kier molecular flexibility index (Phi) is 2.48. The molecule has 4 heteroatoms. The largest absolute Gasteiger partial charge is 0.494 e. The zero-order valence-corrected chi connectivity index (χ0v) is 9.80. The Labute approximate surface area is 103 Å². The molecule has 0 spiro atoms. The summed E-state index contributed by atoms with van der Waals surface area (Å²) in [6.07, 6.45) is 3.66. The summed E-state index contributed by atoms with van der Waals surface area (Å²) in [5.74, 6) is 0.564. The van der Waals surface area contributed by atoms with Crippen LogP contribution < -0.4 is 4.74 Å². The summed E-state index contributed by atoms with van der Waals surface area (Å²) in [5.41, 5.74) is 1.70. The number of pyridine rings is 1. The highest BCUT2D eigenvalue weighted by molar-refractivity contribution is 5.63. The lowest BCUT2D eigenvalue weighted by Crippen LogP contribution is -1.92. The topological polar surface area (TPSA) is 26.5 Å². The summed E-state index contributed by atoms with van der Waals surface area (Å²) in [4.78, 5) is 4.32. The van der Waals surface area contributed by atoms with E-state index in [4.69, 9.17) is 4.74 Å². The fraction of sp³-hybridized carbons (Fsp3) is 0.0714. The summed E-state index contributed by atoms with van der Waals surface area (Å²) in [6, 6.07) is 10.6. The Morgan fingerprint density at radius 1 is 1.22 bits per heavy atom. The molecule has 0 atom stereocenters. The Balaban J connectivity index is 2.17. The van der Waals surface area contributed by atoms with Gasteiger partial charge in [-0.3, -0.25) is 4.40 Å². The molecule has 0 aliphatic heterocycles. The molecular weight excluding hydrogens is 231 g/mol. The number of benzene rings is 1. The first-order valence-electron chi connectivity index (χ1n) is 5.55. The molecular formula is C14H11FN2O. The van der Waals surface area contributed by atoms with Gasteiger partial charge >= 0.3 is 0 Å². The molecule has 0 saturated carbocycles. The van der Waals surface area contributed by atoms with Crippen molar-refractivity contribution in [3.63, 3.8) is 0 Å². The maximum absolute atomic E-state index is 13.7. The number of hydrogen-bond acceptors (Lipinski definition) is 2. The fourth-order valence-corrected chi connectivity index (χ4v) is 1.96. The molecule has 90 valence electrons. The molecule has 0 bridgehead atoms. The van der Waals surface area contributed by atoms with Crippen molar-refractivity contribution in [3.8, 4) is 17.1 Å². The molecule has 2 heterocycles. The minimum absolute atomic E-state index is 0.236. The molecule has 3 rings (SSSR count). The minimum atomic E-state index is -0.386. The van der Waals surface area contributed by atoms with Crippen LogP contribution in [-0.4, -0.2) is 16.5 Å². The monoisotopic (exact) mass is 242 g/mol. The van der Waals surface area contributed by atoms with Gasteiger partial charge in [-0.05, 0) is 30.3 Å². The van der Waals surface area contributed by atoms with Crippen molar-refractivity contribution < 1.29 is 9.13 Å². The van der Waals surface area contributed by atoms with Gasteiger partial charge in [0.25, 0.3) is 0 Å². The third-order valence-electron chi connectivity index (χ3n) is 2.85.